The van der Waals surface area contributed by atoms with E-state index in [4.69, 9.17) is 9.47 Å². The molecule has 1 aliphatic carbocycles. The minimum atomic E-state index is -4.90. The van der Waals surface area contributed by atoms with Gasteiger partial charge in [0.25, 0.3) is 5.91 Å². The summed E-state index contributed by atoms with van der Waals surface area (Å²) in [6.07, 6.45) is -0.0893. The van der Waals surface area contributed by atoms with E-state index in [-0.39, 0.29) is 34.4 Å². The second-order valence-corrected chi connectivity index (χ2v) is 9.20. The van der Waals surface area contributed by atoms with Gasteiger partial charge in [-0.1, -0.05) is 6.07 Å². The van der Waals surface area contributed by atoms with Gasteiger partial charge in [0.05, 0.1) is 24.0 Å². The summed E-state index contributed by atoms with van der Waals surface area (Å²) < 4.78 is 54.6. The number of rotatable bonds is 6. The van der Waals surface area contributed by atoms with Crippen molar-refractivity contribution < 1.29 is 32.2 Å². The van der Waals surface area contributed by atoms with Crippen molar-refractivity contribution in [3.63, 3.8) is 0 Å². The van der Waals surface area contributed by atoms with E-state index in [2.05, 4.69) is 31.9 Å². The molecule has 3 aromatic rings. The number of nitrogens with zero attached hydrogens (tertiary/aromatic N) is 4. The van der Waals surface area contributed by atoms with Gasteiger partial charge in [-0.05, 0) is 39.7 Å². The smallest absolute Gasteiger partial charge is 0.474 e. The first kappa shape index (κ1) is 22.4. The number of alkyl halides is 3. The predicted molar refractivity (Wildman–Crippen MR) is 113 cm³/mol. The van der Waals surface area contributed by atoms with Gasteiger partial charge in [0.15, 0.2) is 0 Å². The Labute approximate surface area is 192 Å². The summed E-state index contributed by atoms with van der Waals surface area (Å²) in [7, 11) is 0. The van der Waals surface area contributed by atoms with Crippen molar-refractivity contribution >= 4 is 17.5 Å². The Kier molecular flexibility index (Phi) is 4.97. The van der Waals surface area contributed by atoms with Crippen LogP contribution in [0.3, 0.4) is 0 Å². The summed E-state index contributed by atoms with van der Waals surface area (Å²) >= 11 is 0. The molecule has 2 bridgehead atoms. The summed E-state index contributed by atoms with van der Waals surface area (Å²) in [5.41, 5.74) is 0.638. The Morgan fingerprint density at radius 1 is 1.21 bits per heavy atom. The molecule has 180 valence electrons. The maximum atomic E-state index is 13.0. The predicted octanol–water partition coefficient (Wildman–Crippen LogP) is 3.88. The number of halogens is 3. The van der Waals surface area contributed by atoms with Crippen LogP contribution in [-0.2, 0) is 10.2 Å². The molecule has 3 aliphatic rings. The number of carbonyl (C=O) groups excluding carboxylic acids is 1. The second-order valence-electron chi connectivity index (χ2n) is 9.20. The first-order valence-corrected chi connectivity index (χ1v) is 10.7. The molecule has 6 rings (SSSR count). The topological polar surface area (TPSA) is 99.9 Å². The van der Waals surface area contributed by atoms with Crippen LogP contribution in [0.5, 0.6) is 11.8 Å². The van der Waals surface area contributed by atoms with Crippen LogP contribution in [-0.4, -0.2) is 49.9 Å². The average Bonchev–Trinajstić information content (AvgIpc) is 3.36. The van der Waals surface area contributed by atoms with Crippen molar-refractivity contribution in [1.82, 2.24) is 19.4 Å². The fraction of sp³-hybridized carbons (Fsp3) is 0.455. The number of fused-ring (bicyclic) bond motifs is 2. The Bertz CT molecular complexity index is 1270. The van der Waals surface area contributed by atoms with Crippen molar-refractivity contribution in [2.24, 2.45) is 0 Å². The quantitative estimate of drug-likeness (QED) is 0.575. The third kappa shape index (κ3) is 4.13. The van der Waals surface area contributed by atoms with Crippen LogP contribution in [0.25, 0.3) is 5.78 Å². The van der Waals surface area contributed by atoms with Gasteiger partial charge in [-0.2, -0.15) is 9.97 Å². The normalized spacial score (nSPS) is 23.7. The molecular formula is C22H22F3N5O4. The van der Waals surface area contributed by atoms with Crippen LogP contribution >= 0.6 is 0 Å². The lowest BCUT2D eigenvalue weighted by molar-refractivity contribution is -0.276. The van der Waals surface area contributed by atoms with Crippen LogP contribution in [0.4, 0.5) is 19.0 Å². The third-order valence-corrected chi connectivity index (χ3v) is 5.86. The molecule has 1 N–H and O–H groups in total. The molecule has 3 fully saturated rings. The van der Waals surface area contributed by atoms with Crippen molar-refractivity contribution in [3.8, 4) is 11.8 Å². The SMILES string of the molecule is CC(C)Oc1nc2nc(C34COC(C)(C3)C4)cn2cc1C(=O)Nc1cccc(OC(F)(F)F)n1. The number of imidazole rings is 1. The molecule has 5 heterocycles. The zero-order valence-corrected chi connectivity index (χ0v) is 18.6. The molecule has 2 aliphatic heterocycles. The molecule has 0 unspecified atom stereocenters. The Balaban J connectivity index is 1.45. The maximum absolute atomic E-state index is 13.0. The lowest BCUT2D eigenvalue weighted by Gasteiger charge is -2.41. The zero-order chi connectivity index (χ0) is 24.3. The number of anilines is 1. The van der Waals surface area contributed by atoms with E-state index in [1.165, 1.54) is 18.3 Å². The molecule has 34 heavy (non-hydrogen) atoms. The van der Waals surface area contributed by atoms with Crippen molar-refractivity contribution in [3.05, 3.63) is 41.9 Å². The van der Waals surface area contributed by atoms with Crippen LogP contribution in [0.2, 0.25) is 0 Å². The molecule has 0 spiro atoms. The Morgan fingerprint density at radius 2 is 1.97 bits per heavy atom. The first-order chi connectivity index (χ1) is 15.9. The summed E-state index contributed by atoms with van der Waals surface area (Å²) in [5.74, 6) is -1.04. The first-order valence-electron chi connectivity index (χ1n) is 10.7. The van der Waals surface area contributed by atoms with Gasteiger partial charge < -0.3 is 19.5 Å². The Morgan fingerprint density at radius 3 is 2.62 bits per heavy atom. The van der Waals surface area contributed by atoms with Gasteiger partial charge in [0.1, 0.15) is 11.4 Å². The summed E-state index contributed by atoms with van der Waals surface area (Å²) in [6.45, 7) is 6.23. The number of pyridine rings is 1. The molecule has 3 aromatic heterocycles. The second kappa shape index (κ2) is 7.55. The third-order valence-electron chi connectivity index (χ3n) is 5.86. The van der Waals surface area contributed by atoms with E-state index in [1.807, 2.05) is 6.20 Å². The molecule has 1 saturated carbocycles. The fourth-order valence-electron chi connectivity index (χ4n) is 4.63. The van der Waals surface area contributed by atoms with Crippen LogP contribution < -0.4 is 14.8 Å². The van der Waals surface area contributed by atoms with Gasteiger partial charge in [-0.15, -0.1) is 13.2 Å². The number of amides is 1. The van der Waals surface area contributed by atoms with Crippen molar-refractivity contribution in [2.75, 3.05) is 11.9 Å². The lowest BCUT2D eigenvalue weighted by Crippen LogP contribution is -2.45. The highest BCUT2D eigenvalue weighted by atomic mass is 19.4. The lowest BCUT2D eigenvalue weighted by atomic mass is 9.62. The van der Waals surface area contributed by atoms with E-state index >= 15 is 0 Å². The van der Waals surface area contributed by atoms with Gasteiger partial charge >= 0.3 is 6.36 Å². The number of ether oxygens (including phenoxy) is 3. The minimum absolute atomic E-state index is 0.0541. The molecule has 2 saturated heterocycles. The van der Waals surface area contributed by atoms with Gasteiger partial charge in [-0.25, -0.2) is 4.98 Å². The monoisotopic (exact) mass is 477 g/mol. The summed E-state index contributed by atoms with van der Waals surface area (Å²) in [6, 6.07) is 3.67. The van der Waals surface area contributed by atoms with E-state index in [0.29, 0.717) is 12.4 Å². The molecular weight excluding hydrogens is 455 g/mol. The van der Waals surface area contributed by atoms with Crippen LogP contribution in [0, 0.1) is 0 Å². The molecule has 0 atom stereocenters. The van der Waals surface area contributed by atoms with Gasteiger partial charge in [0, 0.05) is 23.9 Å². The number of aromatic nitrogens is 4. The van der Waals surface area contributed by atoms with Crippen LogP contribution in [0.15, 0.2) is 30.6 Å². The maximum Gasteiger partial charge on any atom is 0.574 e. The number of carbonyl (C=O) groups is 1. The highest BCUT2D eigenvalue weighted by Gasteiger charge is 2.61. The average molecular weight is 477 g/mol. The zero-order valence-electron chi connectivity index (χ0n) is 18.6. The molecule has 0 radical (unpaired) electrons. The molecule has 12 heteroatoms. The number of hydrogen-bond donors (Lipinski definition) is 1. The van der Waals surface area contributed by atoms with E-state index < -0.39 is 18.1 Å². The highest BCUT2D eigenvalue weighted by molar-refractivity contribution is 6.05. The summed E-state index contributed by atoms with van der Waals surface area (Å²) in [4.78, 5) is 25.8. The summed E-state index contributed by atoms with van der Waals surface area (Å²) in [5, 5.41) is 2.47. The molecule has 0 aromatic carbocycles. The number of hydrogen-bond acceptors (Lipinski definition) is 7. The van der Waals surface area contributed by atoms with Crippen molar-refractivity contribution in [1.29, 1.82) is 0 Å². The van der Waals surface area contributed by atoms with Gasteiger partial charge in [0.2, 0.25) is 17.5 Å². The number of nitrogens with one attached hydrogen (secondary N) is 1. The minimum Gasteiger partial charge on any atom is -0.474 e. The highest BCUT2D eigenvalue weighted by Crippen LogP contribution is 2.58. The van der Waals surface area contributed by atoms with E-state index in [1.54, 1.807) is 18.2 Å². The van der Waals surface area contributed by atoms with E-state index in [0.717, 1.165) is 24.6 Å². The molecule has 1 amide bonds. The van der Waals surface area contributed by atoms with Crippen LogP contribution in [0.1, 0.15) is 49.7 Å². The standard InChI is InChI=1S/C22H22F3N5O4/c1-12(2)33-18-13(17(31)28-15-5-4-6-16(27-15)34-22(23,24)25)7-30-8-14(26-19(30)29-18)21-9-20(3,10-21)32-11-21/h4-8,12H,9-11H2,1-3H3,(H,27,28,31). The van der Waals surface area contributed by atoms with Gasteiger partial charge in [-0.3, -0.25) is 9.20 Å². The van der Waals surface area contributed by atoms with E-state index in [9.17, 15) is 18.0 Å². The Hall–Kier alpha value is -3.41. The fourth-order valence-corrected chi connectivity index (χ4v) is 4.63. The largest absolute Gasteiger partial charge is 0.574 e. The van der Waals surface area contributed by atoms with Crippen molar-refractivity contribution in [2.45, 2.75) is 57.1 Å². The molecule has 9 nitrogen and oxygen atoms in total.